The molecule has 1 aromatic heterocycles. The third-order valence-electron chi connectivity index (χ3n) is 5.60. The fourth-order valence-corrected chi connectivity index (χ4v) is 3.83. The van der Waals surface area contributed by atoms with E-state index in [1.165, 1.54) is 17.2 Å². The monoisotopic (exact) mass is 462 g/mol. The number of anilines is 2. The van der Waals surface area contributed by atoms with Gasteiger partial charge in [-0.25, -0.2) is 4.98 Å². The molecule has 2 amide bonds. The number of pyridine rings is 1. The fourth-order valence-electron chi connectivity index (χ4n) is 3.83. The number of carbonyl (C=O) groups is 2. The molecule has 1 aliphatic rings. The zero-order valence-electron chi connectivity index (χ0n) is 19.0. The number of hydrogen-bond acceptors (Lipinski definition) is 4. The van der Waals surface area contributed by atoms with Crippen LogP contribution in [-0.2, 0) is 11.0 Å². The van der Waals surface area contributed by atoms with Gasteiger partial charge in [-0.3, -0.25) is 9.59 Å². The first-order valence-corrected chi connectivity index (χ1v) is 11.0. The van der Waals surface area contributed by atoms with E-state index in [2.05, 4.69) is 15.6 Å². The number of halogens is 3. The number of amides is 2. The molecule has 0 aliphatic carbocycles. The predicted molar refractivity (Wildman–Crippen MR) is 121 cm³/mol. The molecular weight excluding hydrogens is 433 g/mol. The van der Waals surface area contributed by atoms with Crippen molar-refractivity contribution in [1.29, 1.82) is 0 Å². The van der Waals surface area contributed by atoms with Crippen LogP contribution in [0.25, 0.3) is 0 Å². The Kier molecular flexibility index (Phi) is 7.61. The Labute approximate surface area is 191 Å². The standard InChI is InChI=1S/C24H29F3N4O2/c1-15(2)13-29-22(32)17-8-9-20(16(3)12-17)30-23(33)18-6-5-11-31(14-18)21-19(24(25,26)27)7-4-10-28-21/h4,7-10,12,15,18H,5-6,11,13-14H2,1-3H3,(H,29,32)(H,30,33). The molecule has 0 bridgehead atoms. The molecule has 3 rings (SSSR count). The number of hydrogen-bond donors (Lipinski definition) is 2. The van der Waals surface area contributed by atoms with Gasteiger partial charge in [0.15, 0.2) is 0 Å². The Morgan fingerprint density at radius 2 is 2.00 bits per heavy atom. The zero-order chi connectivity index (χ0) is 24.2. The van der Waals surface area contributed by atoms with Crippen molar-refractivity contribution in [1.82, 2.24) is 10.3 Å². The Morgan fingerprint density at radius 1 is 1.24 bits per heavy atom. The first-order valence-electron chi connectivity index (χ1n) is 11.0. The molecule has 9 heteroatoms. The lowest BCUT2D eigenvalue weighted by Crippen LogP contribution is -2.42. The van der Waals surface area contributed by atoms with Crippen LogP contribution in [0.15, 0.2) is 36.5 Å². The van der Waals surface area contributed by atoms with Gasteiger partial charge in [-0.2, -0.15) is 13.2 Å². The molecule has 0 saturated carbocycles. The molecule has 6 nitrogen and oxygen atoms in total. The van der Waals surface area contributed by atoms with Crippen LogP contribution in [0.5, 0.6) is 0 Å². The molecule has 33 heavy (non-hydrogen) atoms. The number of aryl methyl sites for hydroxylation is 1. The molecule has 2 heterocycles. The molecule has 1 saturated heterocycles. The highest BCUT2D eigenvalue weighted by molar-refractivity contribution is 5.97. The van der Waals surface area contributed by atoms with E-state index in [-0.39, 0.29) is 24.2 Å². The molecule has 1 aromatic carbocycles. The van der Waals surface area contributed by atoms with Gasteiger partial charge in [0.2, 0.25) is 5.91 Å². The summed E-state index contributed by atoms with van der Waals surface area (Å²) in [6, 6.07) is 7.31. The highest BCUT2D eigenvalue weighted by Crippen LogP contribution is 2.36. The molecule has 1 fully saturated rings. The smallest absolute Gasteiger partial charge is 0.355 e. The first kappa shape index (κ1) is 24.5. The van der Waals surface area contributed by atoms with Gasteiger partial charge in [-0.1, -0.05) is 13.8 Å². The summed E-state index contributed by atoms with van der Waals surface area (Å²) in [5.74, 6) is -0.722. The highest BCUT2D eigenvalue weighted by Gasteiger charge is 2.37. The van der Waals surface area contributed by atoms with Crippen molar-refractivity contribution < 1.29 is 22.8 Å². The number of carbonyl (C=O) groups excluding carboxylic acids is 2. The zero-order valence-corrected chi connectivity index (χ0v) is 19.0. The molecule has 1 atom stereocenters. The maximum atomic E-state index is 13.4. The van der Waals surface area contributed by atoms with Crippen molar-refractivity contribution in [3.8, 4) is 0 Å². The second-order valence-electron chi connectivity index (χ2n) is 8.78. The van der Waals surface area contributed by atoms with E-state index in [1.807, 2.05) is 13.8 Å². The number of rotatable bonds is 6. The Balaban J connectivity index is 1.68. The summed E-state index contributed by atoms with van der Waals surface area (Å²) in [5.41, 5.74) is 1.02. The molecule has 2 N–H and O–H groups in total. The number of nitrogens with zero attached hydrogens (tertiary/aromatic N) is 2. The van der Waals surface area contributed by atoms with Crippen molar-refractivity contribution in [2.45, 2.75) is 39.8 Å². The molecule has 178 valence electrons. The maximum absolute atomic E-state index is 13.4. The molecular formula is C24H29F3N4O2. The number of alkyl halides is 3. The van der Waals surface area contributed by atoms with Crippen LogP contribution >= 0.6 is 0 Å². The number of nitrogens with one attached hydrogen (secondary N) is 2. The normalized spacial score (nSPS) is 16.6. The van der Waals surface area contributed by atoms with E-state index in [0.29, 0.717) is 43.1 Å². The quantitative estimate of drug-likeness (QED) is 0.656. The van der Waals surface area contributed by atoms with Crippen molar-refractivity contribution >= 4 is 23.3 Å². The van der Waals surface area contributed by atoms with Gasteiger partial charge in [0.05, 0.1) is 11.5 Å². The maximum Gasteiger partial charge on any atom is 0.419 e. The van der Waals surface area contributed by atoms with Crippen LogP contribution in [0.3, 0.4) is 0 Å². The van der Waals surface area contributed by atoms with Crippen molar-refractivity contribution in [2.75, 3.05) is 29.9 Å². The van der Waals surface area contributed by atoms with E-state index in [1.54, 1.807) is 25.1 Å². The van der Waals surface area contributed by atoms with E-state index in [9.17, 15) is 22.8 Å². The molecule has 1 aliphatic heterocycles. The molecule has 0 radical (unpaired) electrons. The lowest BCUT2D eigenvalue weighted by molar-refractivity contribution is -0.137. The Hall–Kier alpha value is -3.10. The predicted octanol–water partition coefficient (Wildman–Crippen LogP) is 4.65. The lowest BCUT2D eigenvalue weighted by Gasteiger charge is -2.34. The van der Waals surface area contributed by atoms with E-state index in [4.69, 9.17) is 0 Å². The van der Waals surface area contributed by atoms with Gasteiger partial charge in [-0.05, 0) is 61.6 Å². The number of piperidine rings is 1. The first-order chi connectivity index (χ1) is 15.6. The van der Waals surface area contributed by atoms with Crippen molar-refractivity contribution in [3.63, 3.8) is 0 Å². The summed E-state index contributed by atoms with van der Waals surface area (Å²) in [6.07, 6.45) is -2.03. The molecule has 1 unspecified atom stereocenters. The second kappa shape index (κ2) is 10.2. The highest BCUT2D eigenvalue weighted by atomic mass is 19.4. The van der Waals surface area contributed by atoms with Crippen LogP contribution in [-0.4, -0.2) is 36.4 Å². The van der Waals surface area contributed by atoms with Crippen LogP contribution < -0.4 is 15.5 Å². The topological polar surface area (TPSA) is 74.3 Å². The van der Waals surface area contributed by atoms with Gasteiger partial charge < -0.3 is 15.5 Å². The van der Waals surface area contributed by atoms with Crippen molar-refractivity contribution in [2.24, 2.45) is 11.8 Å². The van der Waals surface area contributed by atoms with Gasteiger partial charge >= 0.3 is 6.18 Å². The summed E-state index contributed by atoms with van der Waals surface area (Å²) in [6.45, 7) is 6.94. The average Bonchev–Trinajstić information content (AvgIpc) is 2.78. The Morgan fingerprint density at radius 3 is 2.67 bits per heavy atom. The van der Waals surface area contributed by atoms with E-state index >= 15 is 0 Å². The van der Waals surface area contributed by atoms with Gasteiger partial charge in [0, 0.05) is 37.1 Å². The van der Waals surface area contributed by atoms with E-state index < -0.39 is 17.7 Å². The second-order valence-corrected chi connectivity index (χ2v) is 8.78. The van der Waals surface area contributed by atoms with Gasteiger partial charge in [0.1, 0.15) is 5.82 Å². The van der Waals surface area contributed by atoms with Crippen molar-refractivity contribution in [3.05, 3.63) is 53.2 Å². The summed E-state index contributed by atoms with van der Waals surface area (Å²) in [5, 5.41) is 5.73. The van der Waals surface area contributed by atoms with Crippen LogP contribution in [0.2, 0.25) is 0 Å². The summed E-state index contributed by atoms with van der Waals surface area (Å²) < 4.78 is 40.2. The van der Waals surface area contributed by atoms with Crippen LogP contribution in [0.4, 0.5) is 24.7 Å². The van der Waals surface area contributed by atoms with Crippen LogP contribution in [0.1, 0.15) is 48.2 Å². The summed E-state index contributed by atoms with van der Waals surface area (Å²) in [4.78, 5) is 30.7. The minimum Gasteiger partial charge on any atom is -0.355 e. The molecule has 0 spiro atoms. The minimum atomic E-state index is -4.51. The number of aromatic nitrogens is 1. The third-order valence-corrected chi connectivity index (χ3v) is 5.60. The third kappa shape index (κ3) is 6.24. The largest absolute Gasteiger partial charge is 0.419 e. The summed E-state index contributed by atoms with van der Waals surface area (Å²) >= 11 is 0. The SMILES string of the molecule is Cc1cc(C(=O)NCC(C)C)ccc1NC(=O)C1CCCN(c2ncccc2C(F)(F)F)C1. The fraction of sp³-hybridized carbons (Fsp3) is 0.458. The van der Waals surface area contributed by atoms with Gasteiger partial charge in [-0.15, -0.1) is 0 Å². The summed E-state index contributed by atoms with van der Waals surface area (Å²) in [7, 11) is 0. The van der Waals surface area contributed by atoms with E-state index in [0.717, 1.165) is 11.6 Å². The Bertz CT molecular complexity index is 1010. The minimum absolute atomic E-state index is 0.143. The molecule has 2 aromatic rings. The average molecular weight is 463 g/mol. The number of benzene rings is 1. The van der Waals surface area contributed by atoms with Gasteiger partial charge in [0.25, 0.3) is 5.91 Å². The van der Waals surface area contributed by atoms with Crippen LogP contribution in [0, 0.1) is 18.8 Å². The lowest BCUT2D eigenvalue weighted by atomic mass is 9.96.